The molecule has 0 radical (unpaired) electrons. The lowest BCUT2D eigenvalue weighted by Crippen LogP contribution is -2.33. The third-order valence-corrected chi connectivity index (χ3v) is 3.01. The molecule has 102 valence electrons. The summed E-state index contributed by atoms with van der Waals surface area (Å²) >= 11 is 0. The second kappa shape index (κ2) is 5.36. The van der Waals surface area contributed by atoms with Gasteiger partial charge in [-0.25, -0.2) is 4.98 Å². The van der Waals surface area contributed by atoms with Crippen molar-refractivity contribution in [2.45, 2.75) is 20.8 Å². The number of aliphatic hydroxyl groups is 1. The van der Waals surface area contributed by atoms with E-state index in [1.807, 2.05) is 6.92 Å². The Morgan fingerprint density at radius 2 is 2.21 bits per heavy atom. The number of nitrogens with zero attached hydrogens (tertiary/aromatic N) is 3. The number of pyridine rings is 1. The highest BCUT2D eigenvalue weighted by atomic mass is 16.5. The van der Waals surface area contributed by atoms with Crippen LogP contribution in [0, 0.1) is 13.8 Å². The normalized spacial score (nSPS) is 10.9. The van der Waals surface area contributed by atoms with Crippen LogP contribution in [0.15, 0.2) is 10.6 Å². The lowest BCUT2D eigenvalue weighted by molar-refractivity contribution is 0.0733. The molecule has 0 bridgehead atoms. The second-order valence-corrected chi connectivity index (χ2v) is 4.37. The Bertz CT molecular complexity index is 606. The third-order valence-electron chi connectivity index (χ3n) is 3.01. The SMILES string of the molecule is CCN(CCO)C(=O)c1cc(C)nc2onc(C)c12. The van der Waals surface area contributed by atoms with Crippen molar-refractivity contribution < 1.29 is 14.4 Å². The largest absolute Gasteiger partial charge is 0.395 e. The molecule has 0 aromatic carbocycles. The predicted molar refractivity (Wildman–Crippen MR) is 69.9 cm³/mol. The van der Waals surface area contributed by atoms with Crippen molar-refractivity contribution in [1.29, 1.82) is 0 Å². The third kappa shape index (κ3) is 2.44. The zero-order chi connectivity index (χ0) is 14.0. The summed E-state index contributed by atoms with van der Waals surface area (Å²) in [5.74, 6) is -0.140. The minimum atomic E-state index is -0.140. The van der Waals surface area contributed by atoms with Crippen molar-refractivity contribution in [2.24, 2.45) is 0 Å². The van der Waals surface area contributed by atoms with Crippen LogP contribution in [0.5, 0.6) is 0 Å². The number of hydrogen-bond acceptors (Lipinski definition) is 5. The molecular weight excluding hydrogens is 246 g/mol. The Labute approximate surface area is 111 Å². The summed E-state index contributed by atoms with van der Waals surface area (Å²) in [6, 6.07) is 1.73. The van der Waals surface area contributed by atoms with E-state index >= 15 is 0 Å². The molecule has 2 rings (SSSR count). The highest BCUT2D eigenvalue weighted by Crippen LogP contribution is 2.23. The quantitative estimate of drug-likeness (QED) is 0.899. The first kappa shape index (κ1) is 13.5. The van der Waals surface area contributed by atoms with E-state index in [2.05, 4.69) is 10.1 Å². The maximum atomic E-state index is 12.5. The molecule has 0 saturated heterocycles. The van der Waals surface area contributed by atoms with Crippen molar-refractivity contribution in [2.75, 3.05) is 19.7 Å². The summed E-state index contributed by atoms with van der Waals surface area (Å²) in [6.45, 7) is 6.24. The lowest BCUT2D eigenvalue weighted by atomic mass is 10.1. The first-order chi connectivity index (χ1) is 9.08. The fourth-order valence-corrected chi connectivity index (χ4v) is 2.08. The molecule has 2 aromatic heterocycles. The number of fused-ring (bicyclic) bond motifs is 1. The molecule has 19 heavy (non-hydrogen) atoms. The number of amides is 1. The number of rotatable bonds is 4. The van der Waals surface area contributed by atoms with E-state index in [4.69, 9.17) is 9.63 Å². The standard InChI is InChI=1S/C13H17N3O3/c1-4-16(5-6-17)13(18)10-7-8(2)14-12-11(10)9(3)15-19-12/h7,17H,4-6H2,1-3H3. The molecule has 1 N–H and O–H groups in total. The zero-order valence-electron chi connectivity index (χ0n) is 11.3. The molecular formula is C13H17N3O3. The van der Waals surface area contributed by atoms with Gasteiger partial charge in [-0.05, 0) is 26.8 Å². The Balaban J connectivity index is 2.54. The van der Waals surface area contributed by atoms with E-state index in [1.165, 1.54) is 0 Å². The number of likely N-dealkylation sites (N-methyl/N-ethyl adjacent to an activating group) is 1. The van der Waals surface area contributed by atoms with Gasteiger partial charge in [0.15, 0.2) is 0 Å². The van der Waals surface area contributed by atoms with E-state index in [0.717, 1.165) is 0 Å². The van der Waals surface area contributed by atoms with Crippen LogP contribution >= 0.6 is 0 Å². The Morgan fingerprint density at radius 3 is 2.84 bits per heavy atom. The van der Waals surface area contributed by atoms with Gasteiger partial charge in [0.2, 0.25) is 0 Å². The molecule has 0 unspecified atom stereocenters. The van der Waals surface area contributed by atoms with Crippen LogP contribution in [0.4, 0.5) is 0 Å². The predicted octanol–water partition coefficient (Wildman–Crippen LogP) is 1.29. The molecule has 0 aliphatic heterocycles. The molecule has 0 fully saturated rings. The molecule has 0 spiro atoms. The summed E-state index contributed by atoms with van der Waals surface area (Å²) in [4.78, 5) is 18.3. The molecule has 0 atom stereocenters. The van der Waals surface area contributed by atoms with Crippen molar-refractivity contribution >= 4 is 17.0 Å². The van der Waals surface area contributed by atoms with Crippen LogP contribution < -0.4 is 0 Å². The Morgan fingerprint density at radius 1 is 1.47 bits per heavy atom. The van der Waals surface area contributed by atoms with Crippen molar-refractivity contribution in [3.63, 3.8) is 0 Å². The summed E-state index contributed by atoms with van der Waals surface area (Å²) in [6.07, 6.45) is 0. The number of carbonyl (C=O) groups is 1. The van der Waals surface area contributed by atoms with Crippen molar-refractivity contribution in [3.05, 3.63) is 23.0 Å². The van der Waals surface area contributed by atoms with Gasteiger partial charge in [-0.3, -0.25) is 4.79 Å². The molecule has 2 heterocycles. The summed E-state index contributed by atoms with van der Waals surface area (Å²) in [5.41, 5.74) is 2.25. The molecule has 0 aliphatic rings. The number of hydrogen-bond donors (Lipinski definition) is 1. The van der Waals surface area contributed by atoms with Gasteiger partial charge in [-0.2, -0.15) is 0 Å². The molecule has 6 heteroatoms. The average Bonchev–Trinajstić information content (AvgIpc) is 2.75. The topological polar surface area (TPSA) is 79.5 Å². The fourth-order valence-electron chi connectivity index (χ4n) is 2.08. The van der Waals surface area contributed by atoms with Gasteiger partial charge >= 0.3 is 0 Å². The lowest BCUT2D eigenvalue weighted by Gasteiger charge is -2.20. The van der Waals surface area contributed by atoms with Crippen LogP contribution in [-0.2, 0) is 0 Å². The van der Waals surface area contributed by atoms with E-state index in [1.54, 1.807) is 24.8 Å². The van der Waals surface area contributed by atoms with Gasteiger partial charge in [0, 0.05) is 18.8 Å². The second-order valence-electron chi connectivity index (χ2n) is 4.37. The highest BCUT2D eigenvalue weighted by Gasteiger charge is 2.21. The van der Waals surface area contributed by atoms with E-state index in [9.17, 15) is 4.79 Å². The van der Waals surface area contributed by atoms with Gasteiger partial charge in [-0.15, -0.1) is 0 Å². The Kier molecular flexibility index (Phi) is 3.80. The van der Waals surface area contributed by atoms with Crippen LogP contribution in [-0.4, -0.2) is 45.8 Å². The average molecular weight is 263 g/mol. The van der Waals surface area contributed by atoms with Crippen molar-refractivity contribution in [1.82, 2.24) is 15.0 Å². The maximum Gasteiger partial charge on any atom is 0.258 e. The first-order valence-corrected chi connectivity index (χ1v) is 6.22. The molecule has 0 saturated carbocycles. The van der Waals surface area contributed by atoms with E-state index in [0.29, 0.717) is 41.1 Å². The van der Waals surface area contributed by atoms with Gasteiger partial charge in [0.1, 0.15) is 0 Å². The zero-order valence-corrected chi connectivity index (χ0v) is 11.3. The number of carbonyl (C=O) groups excluding carboxylic acids is 1. The molecule has 2 aromatic rings. The van der Waals surface area contributed by atoms with Gasteiger partial charge in [-0.1, -0.05) is 5.16 Å². The summed E-state index contributed by atoms with van der Waals surface area (Å²) < 4.78 is 5.11. The van der Waals surface area contributed by atoms with Gasteiger partial charge < -0.3 is 14.5 Å². The monoisotopic (exact) mass is 263 g/mol. The number of aryl methyl sites for hydroxylation is 2. The van der Waals surface area contributed by atoms with Crippen LogP contribution in [0.3, 0.4) is 0 Å². The Hall–Kier alpha value is -1.95. The minimum absolute atomic E-state index is 0.0601. The van der Waals surface area contributed by atoms with Gasteiger partial charge in [0.05, 0.1) is 23.3 Å². The van der Waals surface area contributed by atoms with Crippen LogP contribution in [0.2, 0.25) is 0 Å². The summed E-state index contributed by atoms with van der Waals surface area (Å²) in [5, 5.41) is 13.5. The number of aromatic nitrogens is 2. The molecule has 6 nitrogen and oxygen atoms in total. The van der Waals surface area contributed by atoms with Gasteiger partial charge in [0.25, 0.3) is 11.6 Å². The molecule has 0 aliphatic carbocycles. The number of aliphatic hydroxyl groups excluding tert-OH is 1. The first-order valence-electron chi connectivity index (χ1n) is 6.22. The highest BCUT2D eigenvalue weighted by molar-refractivity contribution is 6.06. The smallest absolute Gasteiger partial charge is 0.258 e. The molecule has 1 amide bonds. The maximum absolute atomic E-state index is 12.5. The van der Waals surface area contributed by atoms with E-state index < -0.39 is 0 Å². The van der Waals surface area contributed by atoms with Crippen molar-refractivity contribution in [3.8, 4) is 0 Å². The summed E-state index contributed by atoms with van der Waals surface area (Å²) in [7, 11) is 0. The van der Waals surface area contributed by atoms with Crippen LogP contribution in [0.25, 0.3) is 11.1 Å². The van der Waals surface area contributed by atoms with Crippen LogP contribution in [0.1, 0.15) is 28.7 Å². The van der Waals surface area contributed by atoms with E-state index in [-0.39, 0.29) is 12.5 Å². The minimum Gasteiger partial charge on any atom is -0.395 e. The fraction of sp³-hybridized carbons (Fsp3) is 0.462.